The van der Waals surface area contributed by atoms with Gasteiger partial charge in [-0.3, -0.25) is 9.36 Å². The van der Waals surface area contributed by atoms with Gasteiger partial charge in [0.2, 0.25) is 0 Å². The van der Waals surface area contributed by atoms with Crippen molar-refractivity contribution in [2.45, 2.75) is 13.1 Å². The largest absolute Gasteiger partial charge is 0.383 e. The minimum atomic E-state index is 0.719. The van der Waals surface area contributed by atoms with Crippen molar-refractivity contribution in [3.05, 3.63) is 35.9 Å². The quantitative estimate of drug-likeness (QED) is 0.722. The molecule has 1 N–H and O–H groups in total. The van der Waals surface area contributed by atoms with Crippen molar-refractivity contribution < 1.29 is 4.74 Å². The van der Waals surface area contributed by atoms with E-state index in [1.165, 1.54) is 0 Å². The first-order valence-electron chi connectivity index (χ1n) is 5.97. The minimum absolute atomic E-state index is 0.719. The Morgan fingerprint density at radius 2 is 2.28 bits per heavy atom. The lowest BCUT2D eigenvalue weighted by atomic mass is 10.3. The maximum absolute atomic E-state index is 4.99. The molecule has 0 spiro atoms. The highest BCUT2D eigenvalue weighted by Crippen LogP contribution is 2.04. The Hall–Kier alpha value is -1.66. The van der Waals surface area contributed by atoms with Gasteiger partial charge >= 0.3 is 0 Å². The first-order valence-corrected chi connectivity index (χ1v) is 5.97. The van der Waals surface area contributed by atoms with E-state index >= 15 is 0 Å². The summed E-state index contributed by atoms with van der Waals surface area (Å²) in [5, 5.41) is 11.8. The van der Waals surface area contributed by atoms with E-state index in [-0.39, 0.29) is 0 Å². The third-order valence-electron chi connectivity index (χ3n) is 2.68. The summed E-state index contributed by atoms with van der Waals surface area (Å²) >= 11 is 0. The molecule has 0 bridgehead atoms. The molecule has 2 heterocycles. The van der Waals surface area contributed by atoms with Gasteiger partial charge in [-0.25, -0.2) is 0 Å². The average Bonchev–Trinajstić information content (AvgIpc) is 2.95. The predicted molar refractivity (Wildman–Crippen MR) is 68.1 cm³/mol. The van der Waals surface area contributed by atoms with Gasteiger partial charge in [-0.1, -0.05) is 0 Å². The van der Waals surface area contributed by atoms with E-state index in [0.29, 0.717) is 0 Å². The third-order valence-corrected chi connectivity index (χ3v) is 2.68. The molecule has 2 rings (SSSR count). The molecule has 6 heteroatoms. The summed E-state index contributed by atoms with van der Waals surface area (Å²) < 4.78 is 8.78. The van der Waals surface area contributed by atoms with E-state index in [4.69, 9.17) is 4.74 Å². The molecular weight excluding hydrogens is 230 g/mol. The zero-order valence-corrected chi connectivity index (χ0v) is 10.8. The Morgan fingerprint density at radius 3 is 3.00 bits per heavy atom. The fraction of sp³-hybridized carbons (Fsp3) is 0.500. The van der Waals surface area contributed by atoms with Gasteiger partial charge in [-0.15, -0.1) is 0 Å². The fourth-order valence-electron chi connectivity index (χ4n) is 1.77. The number of rotatable bonds is 7. The van der Waals surface area contributed by atoms with Crippen molar-refractivity contribution in [2.24, 2.45) is 7.05 Å². The van der Waals surface area contributed by atoms with Crippen molar-refractivity contribution in [2.75, 3.05) is 20.3 Å². The minimum Gasteiger partial charge on any atom is -0.383 e. The summed E-state index contributed by atoms with van der Waals surface area (Å²) in [4.78, 5) is 0. The molecule has 0 radical (unpaired) electrons. The number of nitrogens with zero attached hydrogens (tertiary/aromatic N) is 4. The number of hydrogen-bond acceptors (Lipinski definition) is 4. The number of ether oxygens (including phenoxy) is 1. The maximum atomic E-state index is 4.99. The summed E-state index contributed by atoms with van der Waals surface area (Å²) in [5.74, 6) is 0. The molecule has 0 atom stereocenters. The zero-order valence-electron chi connectivity index (χ0n) is 10.8. The molecular formula is C12H19N5O. The van der Waals surface area contributed by atoms with Crippen molar-refractivity contribution in [3.8, 4) is 0 Å². The van der Waals surface area contributed by atoms with Crippen LogP contribution in [0.15, 0.2) is 24.7 Å². The highest BCUT2D eigenvalue weighted by atomic mass is 16.5. The van der Waals surface area contributed by atoms with E-state index in [1.807, 2.05) is 36.4 Å². The van der Waals surface area contributed by atoms with E-state index < -0.39 is 0 Å². The number of methoxy groups -OCH3 is 1. The van der Waals surface area contributed by atoms with Crippen LogP contribution in [0.25, 0.3) is 0 Å². The van der Waals surface area contributed by atoms with Gasteiger partial charge < -0.3 is 10.1 Å². The van der Waals surface area contributed by atoms with Crippen LogP contribution in [0.3, 0.4) is 0 Å². The molecule has 0 amide bonds. The smallest absolute Gasteiger partial charge is 0.0693 e. The van der Waals surface area contributed by atoms with Gasteiger partial charge in [0.15, 0.2) is 0 Å². The molecule has 18 heavy (non-hydrogen) atoms. The van der Waals surface area contributed by atoms with Gasteiger partial charge in [0.25, 0.3) is 0 Å². The lowest BCUT2D eigenvalue weighted by Crippen LogP contribution is -2.21. The van der Waals surface area contributed by atoms with Crippen LogP contribution in [0.2, 0.25) is 0 Å². The maximum Gasteiger partial charge on any atom is 0.0693 e. The topological polar surface area (TPSA) is 56.9 Å². The number of aromatic nitrogens is 4. The second kappa shape index (κ2) is 6.32. The monoisotopic (exact) mass is 249 g/mol. The molecule has 0 aromatic carbocycles. The Labute approximate surface area is 107 Å². The first kappa shape index (κ1) is 12.8. The number of hydrogen-bond donors (Lipinski definition) is 1. The molecule has 0 fully saturated rings. The van der Waals surface area contributed by atoms with Crippen molar-refractivity contribution >= 4 is 0 Å². The van der Waals surface area contributed by atoms with Gasteiger partial charge in [-0.05, 0) is 6.07 Å². The molecule has 0 aliphatic heterocycles. The molecule has 0 saturated carbocycles. The normalized spacial score (nSPS) is 11.0. The average molecular weight is 249 g/mol. The Balaban J connectivity index is 1.91. The Kier molecular flexibility index (Phi) is 4.49. The molecule has 0 aliphatic carbocycles. The standard InChI is InChI=1S/C12H19N5O/c1-16-9-11(7-15-16)10-17-12(3-4-14-17)8-13-5-6-18-2/h3-4,7,9,13H,5-6,8,10H2,1-2H3. The van der Waals surface area contributed by atoms with Crippen LogP contribution in [0.1, 0.15) is 11.3 Å². The summed E-state index contributed by atoms with van der Waals surface area (Å²) in [6.45, 7) is 3.11. The van der Waals surface area contributed by atoms with Crippen LogP contribution < -0.4 is 5.32 Å². The van der Waals surface area contributed by atoms with E-state index in [0.717, 1.165) is 37.5 Å². The number of nitrogens with one attached hydrogen (secondary N) is 1. The van der Waals surface area contributed by atoms with Crippen LogP contribution in [-0.4, -0.2) is 39.8 Å². The highest BCUT2D eigenvalue weighted by Gasteiger charge is 2.04. The van der Waals surface area contributed by atoms with Crippen molar-refractivity contribution in [1.29, 1.82) is 0 Å². The predicted octanol–water partition coefficient (Wildman–Crippen LogP) is 0.401. The first-order chi connectivity index (χ1) is 8.79. The van der Waals surface area contributed by atoms with Crippen LogP contribution >= 0.6 is 0 Å². The third kappa shape index (κ3) is 3.41. The highest BCUT2D eigenvalue weighted by molar-refractivity contribution is 5.08. The second-order valence-corrected chi connectivity index (χ2v) is 4.17. The van der Waals surface area contributed by atoms with E-state index in [9.17, 15) is 0 Å². The van der Waals surface area contributed by atoms with E-state index in [1.54, 1.807) is 11.8 Å². The van der Waals surface area contributed by atoms with Crippen LogP contribution in [0.4, 0.5) is 0 Å². The summed E-state index contributed by atoms with van der Waals surface area (Å²) in [6.07, 6.45) is 5.69. The van der Waals surface area contributed by atoms with Crippen LogP contribution in [0.5, 0.6) is 0 Å². The summed E-state index contributed by atoms with van der Waals surface area (Å²) in [6, 6.07) is 2.02. The van der Waals surface area contributed by atoms with Crippen molar-refractivity contribution in [3.63, 3.8) is 0 Å². The molecule has 0 saturated heterocycles. The second-order valence-electron chi connectivity index (χ2n) is 4.17. The molecule has 0 aliphatic rings. The molecule has 6 nitrogen and oxygen atoms in total. The molecule has 2 aromatic rings. The molecule has 98 valence electrons. The van der Waals surface area contributed by atoms with Gasteiger partial charge in [0.1, 0.15) is 0 Å². The van der Waals surface area contributed by atoms with Crippen LogP contribution in [-0.2, 0) is 24.9 Å². The van der Waals surface area contributed by atoms with Crippen molar-refractivity contribution in [1.82, 2.24) is 24.9 Å². The fourth-order valence-corrected chi connectivity index (χ4v) is 1.77. The van der Waals surface area contributed by atoms with Gasteiger partial charge in [-0.2, -0.15) is 10.2 Å². The SMILES string of the molecule is COCCNCc1ccnn1Cc1cnn(C)c1. The Bertz CT molecular complexity index is 476. The van der Waals surface area contributed by atoms with Gasteiger partial charge in [0.05, 0.1) is 25.0 Å². The lowest BCUT2D eigenvalue weighted by molar-refractivity contribution is 0.199. The van der Waals surface area contributed by atoms with Gasteiger partial charge in [0, 0.05) is 45.2 Å². The molecule has 0 unspecified atom stereocenters. The van der Waals surface area contributed by atoms with E-state index in [2.05, 4.69) is 15.5 Å². The van der Waals surface area contributed by atoms with Crippen LogP contribution in [0, 0.1) is 0 Å². The summed E-state index contributed by atoms with van der Waals surface area (Å²) in [5.41, 5.74) is 2.31. The zero-order chi connectivity index (χ0) is 12.8. The number of aryl methyl sites for hydroxylation is 1. The molecule has 2 aromatic heterocycles. The lowest BCUT2D eigenvalue weighted by Gasteiger charge is -2.07. The summed E-state index contributed by atoms with van der Waals surface area (Å²) in [7, 11) is 3.62. The Morgan fingerprint density at radius 1 is 1.39 bits per heavy atom.